The van der Waals surface area contributed by atoms with Crippen LogP contribution in [0.4, 0.5) is 5.69 Å². The molecule has 21 heavy (non-hydrogen) atoms. The zero-order valence-electron chi connectivity index (χ0n) is 13.1. The highest BCUT2D eigenvalue weighted by atomic mass is 35.5. The van der Waals surface area contributed by atoms with Gasteiger partial charge in [0.05, 0.1) is 12.8 Å². The molecule has 0 fully saturated rings. The number of anilines is 1. The van der Waals surface area contributed by atoms with E-state index in [0.29, 0.717) is 0 Å². The molecule has 1 aromatic heterocycles. The van der Waals surface area contributed by atoms with Gasteiger partial charge in [-0.05, 0) is 18.0 Å². The Labute approximate surface area is 138 Å². The van der Waals surface area contributed by atoms with Crippen LogP contribution in [0.5, 0.6) is 11.6 Å². The van der Waals surface area contributed by atoms with Crippen molar-refractivity contribution < 1.29 is 7.48 Å². The van der Waals surface area contributed by atoms with Crippen molar-refractivity contribution in [1.29, 1.82) is 0 Å². The van der Waals surface area contributed by atoms with Gasteiger partial charge in [-0.2, -0.15) is 0 Å². The van der Waals surface area contributed by atoms with E-state index in [2.05, 4.69) is 10.2 Å². The highest BCUT2D eigenvalue weighted by molar-refractivity contribution is 6.37. The van der Waals surface area contributed by atoms with E-state index in [-0.39, 0.29) is 56.0 Å². The molecule has 0 spiro atoms. The van der Waals surface area contributed by atoms with Crippen LogP contribution < -0.4 is 16.0 Å². The summed E-state index contributed by atoms with van der Waals surface area (Å²) < 4.78 is 21.0. The van der Waals surface area contributed by atoms with Crippen LogP contribution in [0.25, 0.3) is 0 Å². The fraction of sp³-hybridized carbons (Fsp3) is 0.231. The molecule has 0 amide bonds. The van der Waals surface area contributed by atoms with Crippen molar-refractivity contribution in [2.24, 2.45) is 0 Å². The molecule has 1 heterocycles. The highest BCUT2D eigenvalue weighted by Gasteiger charge is 2.19. The number of benzene rings is 1. The summed E-state index contributed by atoms with van der Waals surface area (Å²) in [5.74, 6) is -0.483. The lowest BCUT2D eigenvalue weighted by Crippen LogP contribution is -2.16. The minimum Gasteiger partial charge on any atom is -0.433 e. The van der Waals surface area contributed by atoms with Crippen molar-refractivity contribution >= 4 is 40.5 Å². The van der Waals surface area contributed by atoms with Crippen LogP contribution in [0.3, 0.4) is 0 Å². The number of ether oxygens (including phenoxy) is 1. The van der Waals surface area contributed by atoms with E-state index in [1.54, 1.807) is 13.8 Å². The number of nitrogen functional groups attached to an aromatic ring is 1. The van der Waals surface area contributed by atoms with Gasteiger partial charge < -0.3 is 10.5 Å². The van der Waals surface area contributed by atoms with Crippen molar-refractivity contribution in [3.63, 3.8) is 0 Å². The fourth-order valence-corrected chi connectivity index (χ4v) is 2.58. The van der Waals surface area contributed by atoms with Crippen LogP contribution >= 0.6 is 34.8 Å². The zero-order chi connectivity index (χ0) is 17.5. The number of rotatable bonds is 3. The summed E-state index contributed by atoms with van der Waals surface area (Å²) >= 11 is 18.2. The number of aromatic amines is 1. The van der Waals surface area contributed by atoms with E-state index < -0.39 is 5.56 Å². The summed E-state index contributed by atoms with van der Waals surface area (Å²) in [5.41, 5.74) is 5.25. The molecule has 0 unspecified atom stereocenters. The molecule has 0 aliphatic rings. The number of aromatic nitrogens is 2. The maximum Gasteiger partial charge on any atom is 0.269 e. The molecular weight excluding hydrogens is 337 g/mol. The van der Waals surface area contributed by atoms with Crippen LogP contribution in [-0.4, -0.2) is 10.2 Å². The predicted molar refractivity (Wildman–Crippen MR) is 84.9 cm³/mol. The van der Waals surface area contributed by atoms with Crippen LogP contribution in [0.1, 0.15) is 28.1 Å². The first-order chi connectivity index (χ1) is 10.7. The third-order valence-corrected chi connectivity index (χ3v) is 3.49. The van der Waals surface area contributed by atoms with E-state index in [1.807, 2.05) is 0 Å². The molecule has 1 aromatic carbocycles. The SMILES string of the molecule is [2H]c1c(N)c([2H])c(Cl)c(Oc2n[nH]c(=O)c(C(C)C)c2Cl)c1Cl. The Morgan fingerprint density at radius 2 is 1.90 bits per heavy atom. The smallest absolute Gasteiger partial charge is 0.269 e. The maximum atomic E-state index is 11.8. The molecule has 0 saturated heterocycles. The van der Waals surface area contributed by atoms with Crippen molar-refractivity contribution in [2.75, 3.05) is 5.73 Å². The molecule has 3 N–H and O–H groups in total. The number of H-pyrrole nitrogens is 1. The second-order valence-corrected chi connectivity index (χ2v) is 5.60. The van der Waals surface area contributed by atoms with E-state index in [9.17, 15) is 4.79 Å². The number of hydrogen-bond donors (Lipinski definition) is 2. The van der Waals surface area contributed by atoms with Gasteiger partial charge in [0.2, 0.25) is 0 Å². The molecule has 2 aromatic rings. The van der Waals surface area contributed by atoms with Crippen LogP contribution in [0.2, 0.25) is 15.1 Å². The standard InChI is InChI=1S/C13H12Cl3N3O2/c1-5(2)9-10(16)13(19-18-12(9)20)21-11-7(14)3-6(17)4-8(11)15/h3-5H,17H2,1-2H3,(H,18,20)/i3D,4D. The molecule has 0 bridgehead atoms. The monoisotopic (exact) mass is 349 g/mol. The van der Waals surface area contributed by atoms with Gasteiger partial charge in [0.15, 0.2) is 5.75 Å². The van der Waals surface area contributed by atoms with Gasteiger partial charge >= 0.3 is 0 Å². The Bertz CT molecular complexity index is 811. The Hall–Kier alpha value is -1.43. The average Bonchev–Trinajstić information content (AvgIpc) is 2.49. The van der Waals surface area contributed by atoms with Crippen LogP contribution in [-0.2, 0) is 0 Å². The first kappa shape index (κ1) is 13.2. The van der Waals surface area contributed by atoms with Crippen LogP contribution in [0, 0.1) is 0 Å². The van der Waals surface area contributed by atoms with Crippen molar-refractivity contribution in [1.82, 2.24) is 10.2 Å². The third kappa shape index (κ3) is 3.26. The Morgan fingerprint density at radius 3 is 2.43 bits per heavy atom. The molecule has 0 atom stereocenters. The van der Waals surface area contributed by atoms with Crippen molar-refractivity contribution in [3.8, 4) is 11.6 Å². The number of hydrogen-bond acceptors (Lipinski definition) is 4. The lowest BCUT2D eigenvalue weighted by molar-refractivity contribution is 0.453. The minimum absolute atomic E-state index is 0.00534. The summed E-state index contributed by atoms with van der Waals surface area (Å²) in [4.78, 5) is 11.8. The van der Waals surface area contributed by atoms with Gasteiger partial charge in [-0.15, -0.1) is 5.10 Å². The second-order valence-electron chi connectivity index (χ2n) is 4.46. The van der Waals surface area contributed by atoms with Gasteiger partial charge in [0.1, 0.15) is 5.02 Å². The topological polar surface area (TPSA) is 81.0 Å². The van der Waals surface area contributed by atoms with Crippen molar-refractivity contribution in [2.45, 2.75) is 19.8 Å². The van der Waals surface area contributed by atoms with Gasteiger partial charge in [-0.1, -0.05) is 48.7 Å². The first-order valence-corrected chi connectivity index (χ1v) is 6.99. The van der Waals surface area contributed by atoms with Crippen LogP contribution in [0.15, 0.2) is 16.9 Å². The second kappa shape index (κ2) is 6.13. The molecule has 112 valence electrons. The largest absolute Gasteiger partial charge is 0.433 e. The number of halogens is 3. The van der Waals surface area contributed by atoms with E-state index >= 15 is 0 Å². The first-order valence-electron chi connectivity index (χ1n) is 6.86. The summed E-state index contributed by atoms with van der Waals surface area (Å²) in [6.45, 7) is 3.57. The minimum atomic E-state index is -0.436. The normalized spacial score (nSPS) is 12.3. The van der Waals surface area contributed by atoms with Gasteiger partial charge in [-0.3, -0.25) is 4.79 Å². The predicted octanol–water partition coefficient (Wildman–Crippen LogP) is 4.23. The highest BCUT2D eigenvalue weighted by Crippen LogP contribution is 2.39. The maximum absolute atomic E-state index is 11.8. The number of nitrogens with one attached hydrogen (secondary N) is 1. The lowest BCUT2D eigenvalue weighted by Gasteiger charge is -2.13. The molecular formula is C13H12Cl3N3O2. The fourth-order valence-electron chi connectivity index (χ4n) is 1.67. The quantitative estimate of drug-likeness (QED) is 0.812. The van der Waals surface area contributed by atoms with Gasteiger partial charge in [0.25, 0.3) is 11.4 Å². The molecule has 5 nitrogen and oxygen atoms in total. The molecule has 0 radical (unpaired) electrons. The average molecular weight is 351 g/mol. The lowest BCUT2D eigenvalue weighted by atomic mass is 10.1. The Kier molecular flexibility index (Phi) is 3.87. The van der Waals surface area contributed by atoms with Gasteiger partial charge in [0, 0.05) is 11.3 Å². The summed E-state index contributed by atoms with van der Waals surface area (Å²) in [6.07, 6.45) is 0. The van der Waals surface area contributed by atoms with Gasteiger partial charge in [-0.25, -0.2) is 5.10 Å². The Morgan fingerprint density at radius 1 is 1.33 bits per heavy atom. The van der Waals surface area contributed by atoms with E-state index in [4.69, 9.17) is 48.0 Å². The Balaban J connectivity index is 2.62. The summed E-state index contributed by atoms with van der Waals surface area (Å²) in [5, 5.41) is 5.63. The molecule has 0 saturated carbocycles. The van der Waals surface area contributed by atoms with Crippen molar-refractivity contribution in [3.05, 3.63) is 43.1 Å². The third-order valence-electron chi connectivity index (χ3n) is 2.59. The number of nitrogens with zero attached hydrogens (tertiary/aromatic N) is 1. The van der Waals surface area contributed by atoms with E-state index in [0.717, 1.165) is 0 Å². The molecule has 0 aliphatic carbocycles. The summed E-state index contributed by atoms with van der Waals surface area (Å²) in [6, 6.07) is -0.582. The molecule has 0 aliphatic heterocycles. The molecule has 2 rings (SSSR count). The number of nitrogens with two attached hydrogens (primary N) is 1. The van der Waals surface area contributed by atoms with E-state index in [1.165, 1.54) is 0 Å². The zero-order valence-corrected chi connectivity index (χ0v) is 13.3. The summed E-state index contributed by atoms with van der Waals surface area (Å²) in [7, 11) is 0. The molecule has 8 heteroatoms.